The van der Waals surface area contributed by atoms with Crippen LogP contribution in [0.5, 0.6) is 0 Å². The molecule has 0 saturated heterocycles. The van der Waals surface area contributed by atoms with Gasteiger partial charge < -0.3 is 14.4 Å². The van der Waals surface area contributed by atoms with Crippen molar-refractivity contribution in [3.63, 3.8) is 0 Å². The van der Waals surface area contributed by atoms with Crippen LogP contribution in [0.2, 0.25) is 0 Å². The summed E-state index contributed by atoms with van der Waals surface area (Å²) in [6.45, 7) is 5.11. The van der Waals surface area contributed by atoms with Crippen LogP contribution in [-0.2, 0) is 24.5 Å². The van der Waals surface area contributed by atoms with E-state index in [9.17, 15) is 9.59 Å². The summed E-state index contributed by atoms with van der Waals surface area (Å²) in [6.07, 6.45) is 7.97. The van der Waals surface area contributed by atoms with E-state index in [2.05, 4.69) is 42.2 Å². The fourth-order valence-electron chi connectivity index (χ4n) is 5.81. The molecular weight excluding hydrogens is 437 g/mol. The van der Waals surface area contributed by atoms with Gasteiger partial charge in [0.15, 0.2) is 5.78 Å². The average Bonchev–Trinajstić information content (AvgIpc) is 3.06. The van der Waals surface area contributed by atoms with Crippen molar-refractivity contribution in [2.75, 3.05) is 18.1 Å². The number of nitrogens with zero attached hydrogens (tertiary/aromatic N) is 1. The fraction of sp³-hybridized carbons (Fsp3) is 0.286. The number of hydrogen-bond donors (Lipinski definition) is 0. The van der Waals surface area contributed by atoms with Crippen LogP contribution in [-0.4, -0.2) is 31.0 Å². The first kappa shape index (κ1) is 23.2. The Kier molecular flexibility index (Phi) is 5.83. The van der Waals surface area contributed by atoms with Gasteiger partial charge in [0, 0.05) is 47.0 Å². The van der Waals surface area contributed by atoms with Crippen molar-refractivity contribution in [3.8, 4) is 0 Å². The normalized spacial score (nSPS) is 24.2. The Bertz CT molecular complexity index is 1350. The topological polar surface area (TPSA) is 55.8 Å². The Morgan fingerprint density at radius 2 is 2.12 bits per heavy atom. The standard InChI is InChI=1S/C28H24NO4.Na/c1-3-32-25(31)16-28(2)26-20-7-5-4-6-17(20)9-11-22(26)29-13-12-23-21(27(28)29)14-18-8-10-19(30)15-24(18)33-23;/h5-11,14-15,23H,3,12-13,16H2,1-2H3;/q-1;+1. The predicted molar refractivity (Wildman–Crippen MR) is 126 cm³/mol. The third-order valence-corrected chi connectivity index (χ3v) is 7.08. The molecule has 5 nitrogen and oxygen atoms in total. The van der Waals surface area contributed by atoms with E-state index in [0.717, 1.165) is 51.8 Å². The zero-order valence-corrected chi connectivity index (χ0v) is 21.7. The van der Waals surface area contributed by atoms with E-state index in [1.165, 1.54) is 0 Å². The van der Waals surface area contributed by atoms with E-state index < -0.39 is 5.41 Å². The van der Waals surface area contributed by atoms with Crippen molar-refractivity contribution in [2.45, 2.75) is 38.2 Å². The Morgan fingerprint density at radius 3 is 2.94 bits per heavy atom. The van der Waals surface area contributed by atoms with E-state index >= 15 is 0 Å². The number of fused-ring (bicyclic) bond motifs is 7. The number of carbonyl (C=O) groups is 2. The Labute approximate surface area is 221 Å². The maximum absolute atomic E-state index is 12.9. The number of ether oxygens (including phenoxy) is 2. The third kappa shape index (κ3) is 3.41. The molecule has 0 spiro atoms. The van der Waals surface area contributed by atoms with Gasteiger partial charge in [-0.1, -0.05) is 0 Å². The molecule has 2 aromatic carbocycles. The number of allylic oxidation sites excluding steroid dienone is 4. The molecule has 3 aliphatic heterocycles. The number of benzene rings is 2. The van der Waals surface area contributed by atoms with Crippen LogP contribution in [0.15, 0.2) is 77.2 Å². The van der Waals surface area contributed by atoms with Gasteiger partial charge in [0.25, 0.3) is 0 Å². The van der Waals surface area contributed by atoms with Gasteiger partial charge in [-0.25, -0.2) is 0 Å². The maximum Gasteiger partial charge on any atom is 1.00 e. The minimum Gasteiger partial charge on any atom is -0.485 e. The molecule has 6 rings (SSSR count). The summed E-state index contributed by atoms with van der Waals surface area (Å²) >= 11 is 0. The van der Waals surface area contributed by atoms with Crippen molar-refractivity contribution < 1.29 is 48.6 Å². The molecule has 0 fully saturated rings. The second-order valence-corrected chi connectivity index (χ2v) is 9.12. The predicted octanol–water partition coefficient (Wildman–Crippen LogP) is 1.68. The number of hydrogen-bond acceptors (Lipinski definition) is 5. The van der Waals surface area contributed by atoms with Crippen LogP contribution in [0, 0.1) is 6.07 Å². The zero-order chi connectivity index (χ0) is 22.7. The van der Waals surface area contributed by atoms with Gasteiger partial charge in [-0.3, -0.25) is 9.59 Å². The van der Waals surface area contributed by atoms with Crippen LogP contribution in [0.1, 0.15) is 32.3 Å². The minimum atomic E-state index is -0.577. The summed E-state index contributed by atoms with van der Waals surface area (Å²) in [4.78, 5) is 27.1. The average molecular weight is 461 g/mol. The van der Waals surface area contributed by atoms with E-state index in [1.807, 2.05) is 25.1 Å². The van der Waals surface area contributed by atoms with Crippen LogP contribution in [0.25, 0.3) is 10.8 Å². The van der Waals surface area contributed by atoms with Gasteiger partial charge in [0.05, 0.1) is 13.0 Å². The zero-order valence-electron chi connectivity index (χ0n) is 19.7. The van der Waals surface area contributed by atoms with Crippen molar-refractivity contribution in [3.05, 3.63) is 88.9 Å². The second-order valence-electron chi connectivity index (χ2n) is 9.12. The van der Waals surface area contributed by atoms with Crippen LogP contribution >= 0.6 is 0 Å². The minimum absolute atomic E-state index is 0. The fourth-order valence-corrected chi connectivity index (χ4v) is 5.81. The molecule has 0 radical (unpaired) electrons. The summed E-state index contributed by atoms with van der Waals surface area (Å²) in [5, 5.41) is 2.23. The molecule has 34 heavy (non-hydrogen) atoms. The summed E-state index contributed by atoms with van der Waals surface area (Å²) in [5.41, 5.74) is 4.77. The van der Waals surface area contributed by atoms with E-state index in [0.29, 0.717) is 12.4 Å². The monoisotopic (exact) mass is 461 g/mol. The first-order valence-electron chi connectivity index (χ1n) is 11.4. The first-order valence-corrected chi connectivity index (χ1v) is 11.4. The maximum atomic E-state index is 12.9. The van der Waals surface area contributed by atoms with E-state index in [4.69, 9.17) is 9.47 Å². The number of carbonyl (C=O) groups excluding carboxylic acids is 2. The smallest absolute Gasteiger partial charge is 0.485 e. The van der Waals surface area contributed by atoms with Crippen LogP contribution < -0.4 is 34.5 Å². The van der Waals surface area contributed by atoms with Crippen LogP contribution in [0.4, 0.5) is 5.69 Å². The van der Waals surface area contributed by atoms with Crippen molar-refractivity contribution >= 4 is 28.2 Å². The van der Waals surface area contributed by atoms with Crippen LogP contribution in [0.3, 0.4) is 0 Å². The molecular formula is C28H24NNaO4. The molecule has 0 bridgehead atoms. The van der Waals surface area contributed by atoms with Gasteiger partial charge in [0.1, 0.15) is 11.9 Å². The summed E-state index contributed by atoms with van der Waals surface area (Å²) in [7, 11) is 0. The van der Waals surface area contributed by atoms with Gasteiger partial charge in [0.2, 0.25) is 0 Å². The molecule has 0 N–H and O–H groups in total. The number of esters is 1. The first-order chi connectivity index (χ1) is 16.0. The van der Waals surface area contributed by atoms with E-state index in [-0.39, 0.29) is 53.8 Å². The molecule has 0 aromatic heterocycles. The van der Waals surface area contributed by atoms with Gasteiger partial charge in [-0.2, -0.15) is 24.3 Å². The summed E-state index contributed by atoms with van der Waals surface area (Å²) in [5.74, 6) is 0.365. The molecule has 1 aliphatic carbocycles. The number of anilines is 1. The molecule has 4 aliphatic rings. The van der Waals surface area contributed by atoms with Gasteiger partial charge in [-0.15, -0.1) is 16.8 Å². The van der Waals surface area contributed by atoms with E-state index in [1.54, 1.807) is 12.2 Å². The largest absolute Gasteiger partial charge is 1.00 e. The molecule has 0 saturated carbocycles. The van der Waals surface area contributed by atoms with Crippen molar-refractivity contribution in [1.82, 2.24) is 0 Å². The quantitative estimate of drug-likeness (QED) is 0.396. The summed E-state index contributed by atoms with van der Waals surface area (Å²) in [6, 6.07) is 13.5. The third-order valence-electron chi connectivity index (χ3n) is 7.08. The molecule has 3 heterocycles. The summed E-state index contributed by atoms with van der Waals surface area (Å²) < 4.78 is 11.7. The second kappa shape index (κ2) is 8.56. The van der Waals surface area contributed by atoms with Crippen molar-refractivity contribution in [1.29, 1.82) is 0 Å². The molecule has 166 valence electrons. The van der Waals surface area contributed by atoms with Gasteiger partial charge in [-0.05, 0) is 43.7 Å². The van der Waals surface area contributed by atoms with Crippen molar-refractivity contribution in [2.24, 2.45) is 0 Å². The Balaban J connectivity index is 0.00000241. The molecule has 2 unspecified atom stereocenters. The molecule has 2 aromatic rings. The number of rotatable bonds is 3. The SMILES string of the molecule is CCOC(=O)CC1(C)C2=C3C=C4C=CC(=O)C=C4OC3CCN2c2ccc3c[c-]ccc3c21.[Na+]. The number of ketones is 1. The molecule has 2 atom stereocenters. The molecule has 0 amide bonds. The molecule has 6 heteroatoms. The Hall–Kier alpha value is -2.60. The Morgan fingerprint density at radius 1 is 1.26 bits per heavy atom. The van der Waals surface area contributed by atoms with Gasteiger partial charge >= 0.3 is 35.5 Å².